The van der Waals surface area contributed by atoms with E-state index in [1.807, 2.05) is 0 Å². The van der Waals surface area contributed by atoms with Gasteiger partial charge in [-0.05, 0) is 86.6 Å². The molecule has 2 heterocycles. The first-order valence-corrected chi connectivity index (χ1v) is 15.2. The largest absolute Gasteiger partial charge is 0.514 e. The third kappa shape index (κ3) is 12.7. The van der Waals surface area contributed by atoms with E-state index in [-0.39, 0.29) is 11.3 Å². The predicted molar refractivity (Wildman–Crippen MR) is 176 cm³/mol. The van der Waals surface area contributed by atoms with Gasteiger partial charge < -0.3 is 23.7 Å². The summed E-state index contributed by atoms with van der Waals surface area (Å²) in [4.78, 5) is 59.2. The van der Waals surface area contributed by atoms with E-state index in [9.17, 15) is 24.0 Å². The Morgan fingerprint density at radius 1 is 0.592 bits per heavy atom. The lowest BCUT2D eigenvalue weighted by Gasteiger charge is -2.19. The number of carbonyl (C=O) groups excluding carboxylic acids is 3. The van der Waals surface area contributed by atoms with Crippen molar-refractivity contribution < 1.29 is 47.4 Å². The molecule has 0 amide bonds. The summed E-state index contributed by atoms with van der Waals surface area (Å²) in [6.07, 6.45) is 0.890. The van der Waals surface area contributed by atoms with Gasteiger partial charge in [0.2, 0.25) is 23.8 Å². The smallest absolute Gasteiger partial charge is 0.440 e. The molecule has 0 aliphatic carbocycles. The second-order valence-corrected chi connectivity index (χ2v) is 13.5. The Balaban J connectivity index is 0.000000276. The van der Waals surface area contributed by atoms with Crippen molar-refractivity contribution in [3.8, 4) is 22.9 Å². The van der Waals surface area contributed by atoms with Crippen molar-refractivity contribution in [2.75, 3.05) is 0 Å². The highest BCUT2D eigenvalue weighted by atomic mass is 16.7. The molecule has 4 rings (SSSR count). The fraction of sp³-hybridized carbons (Fsp3) is 0.343. The first kappa shape index (κ1) is 37.7. The molecule has 0 spiro atoms. The fourth-order valence-electron chi connectivity index (χ4n) is 3.77. The molecule has 0 aliphatic heterocycles. The third-order valence-corrected chi connectivity index (χ3v) is 5.57. The lowest BCUT2D eigenvalue weighted by atomic mass is 10.2. The van der Waals surface area contributed by atoms with Crippen LogP contribution >= 0.6 is 0 Å². The lowest BCUT2D eigenvalue weighted by Crippen LogP contribution is -2.53. The molecule has 14 nitrogen and oxygen atoms in total. The van der Waals surface area contributed by atoms with E-state index in [1.54, 1.807) is 122 Å². The molecule has 0 bridgehead atoms. The Morgan fingerprint density at radius 2 is 1.04 bits per heavy atom. The van der Waals surface area contributed by atoms with Crippen LogP contribution in [0.25, 0.3) is 11.4 Å². The molecule has 0 aliphatic rings. The molecule has 1 N–H and O–H groups in total. The highest BCUT2D eigenvalue weighted by Crippen LogP contribution is 2.17. The number of H-pyrrole nitrogens is 1. The van der Waals surface area contributed by atoms with Crippen molar-refractivity contribution in [2.24, 2.45) is 0 Å². The van der Waals surface area contributed by atoms with E-state index in [0.717, 1.165) is 10.4 Å². The number of ether oxygens (including phenoxy) is 5. The number of aromatic amines is 1. The minimum atomic E-state index is -0.821. The van der Waals surface area contributed by atoms with Gasteiger partial charge in [0.05, 0.1) is 0 Å². The van der Waals surface area contributed by atoms with Gasteiger partial charge in [0.1, 0.15) is 28.3 Å². The topological polar surface area (TPSA) is 160 Å². The number of carbonyl (C=O) groups is 3. The Hall–Kier alpha value is -5.79. The minimum Gasteiger partial charge on any atom is -0.440 e. The van der Waals surface area contributed by atoms with Crippen LogP contribution in [0, 0.1) is 0 Å². The summed E-state index contributed by atoms with van der Waals surface area (Å²) in [5.41, 5.74) is -1.52. The molecule has 0 unspecified atom stereocenters. The van der Waals surface area contributed by atoms with Crippen LogP contribution in [0.2, 0.25) is 0 Å². The molecular weight excluding hydrogens is 636 g/mol. The molecular formula is C35H42N4O10+2. The summed E-state index contributed by atoms with van der Waals surface area (Å²) in [5, 5.41) is 2.64. The van der Waals surface area contributed by atoms with Crippen molar-refractivity contribution in [2.45, 2.75) is 79.1 Å². The monoisotopic (exact) mass is 678 g/mol. The van der Waals surface area contributed by atoms with E-state index in [1.165, 1.54) is 35.0 Å². The molecule has 0 fully saturated rings. The zero-order valence-corrected chi connectivity index (χ0v) is 29.0. The maximum absolute atomic E-state index is 12.5. The average Bonchev–Trinajstić information content (AvgIpc) is 2.95. The van der Waals surface area contributed by atoms with Gasteiger partial charge in [-0.1, -0.05) is 9.36 Å². The van der Waals surface area contributed by atoms with Crippen molar-refractivity contribution in [1.29, 1.82) is 0 Å². The van der Waals surface area contributed by atoms with Crippen LogP contribution in [0.5, 0.6) is 11.5 Å². The minimum absolute atomic E-state index is 0.202. The standard InChI is InChI=1S/C20H25N2O6.C15H16N2O4/c1-19(2,3)27-17(24)22-16(23)8-7-13-21(22)14-9-11-15(12-10-14)26-18(25)28-20(4,5)6;1-15(2,3)21-14(19)20-12-8-6-11(7-9-12)17-10-4-5-13(18)16-17/h7-13H,1-6H3;4-10H,1-3H3/q+1;/p+1. The number of hydrogen-bond donors (Lipinski definition) is 1. The van der Waals surface area contributed by atoms with Crippen molar-refractivity contribution in [1.82, 2.24) is 9.78 Å². The molecule has 2 aromatic heterocycles. The quantitative estimate of drug-likeness (QED) is 0.132. The van der Waals surface area contributed by atoms with Gasteiger partial charge >= 0.3 is 24.0 Å². The highest BCUT2D eigenvalue weighted by molar-refractivity contribution is 5.69. The molecule has 49 heavy (non-hydrogen) atoms. The molecule has 14 heteroatoms. The molecule has 0 radical (unpaired) electrons. The number of nitrogens with one attached hydrogen (secondary N) is 1. The van der Waals surface area contributed by atoms with E-state index in [2.05, 4.69) is 5.10 Å². The zero-order chi connectivity index (χ0) is 36.6. The van der Waals surface area contributed by atoms with E-state index in [4.69, 9.17) is 23.7 Å². The number of rotatable bonds is 4. The molecule has 260 valence electrons. The van der Waals surface area contributed by atoms with Gasteiger partial charge in [-0.25, -0.2) is 14.4 Å². The van der Waals surface area contributed by atoms with E-state index >= 15 is 0 Å². The Bertz CT molecular complexity index is 1880. The van der Waals surface area contributed by atoms with E-state index in [0.29, 0.717) is 11.4 Å². The second-order valence-electron chi connectivity index (χ2n) is 13.5. The van der Waals surface area contributed by atoms with Crippen LogP contribution in [-0.4, -0.2) is 45.0 Å². The van der Waals surface area contributed by atoms with Gasteiger partial charge in [-0.3, -0.25) is 9.59 Å². The van der Waals surface area contributed by atoms with Crippen molar-refractivity contribution >= 4 is 18.4 Å². The maximum Gasteiger partial charge on any atom is 0.514 e. The first-order valence-electron chi connectivity index (χ1n) is 15.2. The normalized spacial score (nSPS) is 11.4. The predicted octanol–water partition coefficient (Wildman–Crippen LogP) is 5.19. The SMILES string of the molecule is CC(C)(C)OC(=O)Oc1ccc(-[n+]2cccc(=O)[nH]2)cc1.CC(C)(C)OC(=O)Oc1ccc(-[n+]2cccc(=O)n2C(=O)OC(C)(C)C)cc1. The molecule has 0 saturated heterocycles. The zero-order valence-electron chi connectivity index (χ0n) is 29.0. The number of hydrogen-bond acceptors (Lipinski definition) is 10. The van der Waals surface area contributed by atoms with Gasteiger partial charge in [0.15, 0.2) is 0 Å². The maximum atomic E-state index is 12.5. The van der Waals surface area contributed by atoms with Crippen molar-refractivity contribution in [3.63, 3.8) is 0 Å². The summed E-state index contributed by atoms with van der Waals surface area (Å²) in [6.45, 7) is 15.6. The Labute approximate surface area is 283 Å². The van der Waals surface area contributed by atoms with Crippen molar-refractivity contribution in [3.05, 3.63) is 106 Å². The molecule has 0 atom stereocenters. The van der Waals surface area contributed by atoms with Crippen LogP contribution in [0.3, 0.4) is 0 Å². The Kier molecular flexibility index (Phi) is 11.8. The number of nitrogens with zero attached hydrogens (tertiary/aromatic N) is 3. The molecule has 0 saturated carbocycles. The van der Waals surface area contributed by atoms with Gasteiger partial charge in [-0.2, -0.15) is 0 Å². The average molecular weight is 679 g/mol. The van der Waals surface area contributed by atoms with Gasteiger partial charge in [0.25, 0.3) is 5.56 Å². The second kappa shape index (κ2) is 15.4. The summed E-state index contributed by atoms with van der Waals surface area (Å²) in [7, 11) is 0. The lowest BCUT2D eigenvalue weighted by molar-refractivity contribution is -0.679. The summed E-state index contributed by atoms with van der Waals surface area (Å²) >= 11 is 0. The van der Waals surface area contributed by atoms with Crippen LogP contribution in [0.1, 0.15) is 62.3 Å². The highest BCUT2D eigenvalue weighted by Gasteiger charge is 2.27. The van der Waals surface area contributed by atoms with Crippen LogP contribution < -0.4 is 30.0 Å². The van der Waals surface area contributed by atoms with Crippen LogP contribution in [-0.2, 0) is 14.2 Å². The third-order valence-electron chi connectivity index (χ3n) is 5.57. The van der Waals surface area contributed by atoms with Crippen LogP contribution in [0.4, 0.5) is 14.4 Å². The van der Waals surface area contributed by atoms with Crippen LogP contribution in [0.15, 0.2) is 94.8 Å². The van der Waals surface area contributed by atoms with Gasteiger partial charge in [0, 0.05) is 53.2 Å². The summed E-state index contributed by atoms with van der Waals surface area (Å²) < 4.78 is 29.4. The first-order chi connectivity index (χ1) is 22.7. The Morgan fingerprint density at radius 3 is 1.49 bits per heavy atom. The summed E-state index contributed by atoms with van der Waals surface area (Å²) in [6, 6.07) is 18.8. The molecule has 4 aromatic rings. The van der Waals surface area contributed by atoms with E-state index < -0.39 is 40.8 Å². The summed E-state index contributed by atoms with van der Waals surface area (Å²) in [5.74, 6) is 0.632. The number of aromatic nitrogens is 4. The van der Waals surface area contributed by atoms with Gasteiger partial charge in [-0.15, -0.1) is 5.10 Å². The number of benzene rings is 2. The fourth-order valence-corrected chi connectivity index (χ4v) is 3.77. The molecule has 2 aromatic carbocycles.